The molecule has 27 heavy (non-hydrogen) atoms. The lowest BCUT2D eigenvalue weighted by Gasteiger charge is -2.16. The fourth-order valence-corrected chi connectivity index (χ4v) is 2.80. The van der Waals surface area contributed by atoms with Crippen LogP contribution in [0.3, 0.4) is 0 Å². The van der Waals surface area contributed by atoms with Gasteiger partial charge in [0.2, 0.25) is 0 Å². The molecule has 0 unspecified atom stereocenters. The molecule has 0 saturated heterocycles. The number of para-hydroxylation sites is 2. The summed E-state index contributed by atoms with van der Waals surface area (Å²) in [5.74, 6) is 3.10. The molecule has 5 nitrogen and oxygen atoms in total. The second-order valence-electron chi connectivity index (χ2n) is 7.03. The molecule has 0 spiro atoms. The van der Waals surface area contributed by atoms with Gasteiger partial charge in [-0.05, 0) is 38.8 Å². The third-order valence-corrected chi connectivity index (χ3v) is 4.20. The van der Waals surface area contributed by atoms with Crippen LogP contribution in [0.15, 0.2) is 60.7 Å². The van der Waals surface area contributed by atoms with Crippen LogP contribution in [0.4, 0.5) is 17.3 Å². The van der Waals surface area contributed by atoms with Gasteiger partial charge in [-0.3, -0.25) is 0 Å². The van der Waals surface area contributed by atoms with E-state index in [1.54, 1.807) is 0 Å². The Kier molecular flexibility index (Phi) is 4.92. The fourth-order valence-electron chi connectivity index (χ4n) is 2.80. The van der Waals surface area contributed by atoms with E-state index in [9.17, 15) is 0 Å². The van der Waals surface area contributed by atoms with Crippen LogP contribution in [-0.2, 0) is 0 Å². The Morgan fingerprint density at radius 3 is 2.37 bits per heavy atom. The SMILES string of the molecule is CC(C)Oc1ccccc1Nc1cc(NC2CC2)nc(-c2ccccc2)n1. The summed E-state index contributed by atoms with van der Waals surface area (Å²) in [5, 5.41) is 6.88. The van der Waals surface area contributed by atoms with Gasteiger partial charge in [0.25, 0.3) is 0 Å². The molecule has 1 aliphatic carbocycles. The van der Waals surface area contributed by atoms with Crippen LogP contribution in [0.5, 0.6) is 5.75 Å². The van der Waals surface area contributed by atoms with Gasteiger partial charge in [0.15, 0.2) is 5.82 Å². The van der Waals surface area contributed by atoms with Gasteiger partial charge >= 0.3 is 0 Å². The molecule has 0 amide bonds. The number of nitrogens with one attached hydrogen (secondary N) is 2. The minimum Gasteiger partial charge on any atom is -0.489 e. The highest BCUT2D eigenvalue weighted by atomic mass is 16.5. The minimum absolute atomic E-state index is 0.102. The molecule has 138 valence electrons. The largest absolute Gasteiger partial charge is 0.489 e. The average molecular weight is 360 g/mol. The number of aromatic nitrogens is 2. The van der Waals surface area contributed by atoms with Crippen molar-refractivity contribution in [2.45, 2.75) is 38.8 Å². The Balaban J connectivity index is 1.67. The van der Waals surface area contributed by atoms with Crippen molar-refractivity contribution in [3.63, 3.8) is 0 Å². The van der Waals surface area contributed by atoms with E-state index >= 15 is 0 Å². The molecule has 0 aliphatic heterocycles. The summed E-state index contributed by atoms with van der Waals surface area (Å²) in [4.78, 5) is 9.43. The Labute approximate surface area is 159 Å². The predicted molar refractivity (Wildman–Crippen MR) is 110 cm³/mol. The first-order chi connectivity index (χ1) is 13.2. The fraction of sp³-hybridized carbons (Fsp3) is 0.273. The molecule has 4 rings (SSSR count). The summed E-state index contributed by atoms with van der Waals surface area (Å²) in [7, 11) is 0. The summed E-state index contributed by atoms with van der Waals surface area (Å²) in [5.41, 5.74) is 1.88. The van der Waals surface area contributed by atoms with Crippen LogP contribution in [-0.4, -0.2) is 22.1 Å². The zero-order valence-electron chi connectivity index (χ0n) is 15.6. The van der Waals surface area contributed by atoms with Crippen LogP contribution in [0, 0.1) is 0 Å². The maximum atomic E-state index is 5.92. The van der Waals surface area contributed by atoms with E-state index in [2.05, 4.69) is 10.6 Å². The summed E-state index contributed by atoms with van der Waals surface area (Å²) in [6.45, 7) is 4.04. The summed E-state index contributed by atoms with van der Waals surface area (Å²) in [6.07, 6.45) is 2.49. The summed E-state index contributed by atoms with van der Waals surface area (Å²) in [6, 6.07) is 20.4. The highest BCUT2D eigenvalue weighted by Crippen LogP contribution is 2.31. The Hall–Kier alpha value is -3.08. The highest BCUT2D eigenvalue weighted by Gasteiger charge is 2.22. The zero-order valence-corrected chi connectivity index (χ0v) is 15.6. The van der Waals surface area contributed by atoms with Crippen LogP contribution < -0.4 is 15.4 Å². The van der Waals surface area contributed by atoms with Crippen molar-refractivity contribution in [1.29, 1.82) is 0 Å². The van der Waals surface area contributed by atoms with E-state index in [4.69, 9.17) is 14.7 Å². The van der Waals surface area contributed by atoms with Gasteiger partial charge in [-0.25, -0.2) is 9.97 Å². The lowest BCUT2D eigenvalue weighted by atomic mass is 10.2. The number of benzene rings is 2. The average Bonchev–Trinajstić information content (AvgIpc) is 3.47. The van der Waals surface area contributed by atoms with Crippen LogP contribution in [0.2, 0.25) is 0 Å². The lowest BCUT2D eigenvalue weighted by molar-refractivity contribution is 0.244. The molecule has 1 saturated carbocycles. The second-order valence-corrected chi connectivity index (χ2v) is 7.03. The van der Waals surface area contributed by atoms with Crippen molar-refractivity contribution in [1.82, 2.24) is 9.97 Å². The third kappa shape index (κ3) is 4.56. The molecular weight excluding hydrogens is 336 g/mol. The lowest BCUT2D eigenvalue weighted by Crippen LogP contribution is -2.09. The van der Waals surface area contributed by atoms with Crippen LogP contribution in [0.25, 0.3) is 11.4 Å². The minimum atomic E-state index is 0.102. The first-order valence-corrected chi connectivity index (χ1v) is 9.41. The predicted octanol–water partition coefficient (Wildman–Crippen LogP) is 5.25. The van der Waals surface area contributed by atoms with Crippen LogP contribution in [0.1, 0.15) is 26.7 Å². The van der Waals surface area contributed by atoms with Gasteiger partial charge in [0, 0.05) is 17.7 Å². The number of anilines is 3. The van der Waals surface area contributed by atoms with Gasteiger partial charge in [-0.2, -0.15) is 0 Å². The maximum Gasteiger partial charge on any atom is 0.163 e. The van der Waals surface area contributed by atoms with E-state index < -0.39 is 0 Å². The van der Waals surface area contributed by atoms with Crippen molar-refractivity contribution in [2.75, 3.05) is 10.6 Å². The molecule has 0 radical (unpaired) electrons. The molecule has 3 aromatic rings. The standard InChI is InChI=1S/C22H24N4O/c1-15(2)27-19-11-7-6-10-18(19)24-21-14-20(23-17-12-13-17)25-22(26-21)16-8-4-3-5-9-16/h3-11,14-15,17H,12-13H2,1-2H3,(H2,23,24,25,26). The Morgan fingerprint density at radius 2 is 1.63 bits per heavy atom. The monoisotopic (exact) mass is 360 g/mol. The third-order valence-electron chi connectivity index (χ3n) is 4.20. The molecule has 1 aromatic heterocycles. The van der Waals surface area contributed by atoms with Gasteiger partial charge < -0.3 is 15.4 Å². The first-order valence-electron chi connectivity index (χ1n) is 9.41. The number of ether oxygens (including phenoxy) is 1. The highest BCUT2D eigenvalue weighted by molar-refractivity contribution is 5.68. The van der Waals surface area contributed by atoms with Crippen molar-refractivity contribution in [3.05, 3.63) is 60.7 Å². The second kappa shape index (κ2) is 7.66. The quantitative estimate of drug-likeness (QED) is 0.603. The van der Waals surface area contributed by atoms with E-state index in [-0.39, 0.29) is 6.10 Å². The Bertz CT molecular complexity index is 907. The van der Waals surface area contributed by atoms with E-state index in [1.165, 1.54) is 12.8 Å². The topological polar surface area (TPSA) is 59.1 Å². The molecule has 1 fully saturated rings. The molecule has 1 heterocycles. The van der Waals surface area contributed by atoms with Gasteiger partial charge in [0.1, 0.15) is 17.4 Å². The smallest absolute Gasteiger partial charge is 0.163 e. The molecule has 1 aliphatic rings. The molecule has 5 heteroatoms. The molecule has 0 bridgehead atoms. The maximum absolute atomic E-state index is 5.92. The van der Waals surface area contributed by atoms with Gasteiger partial charge in [0.05, 0.1) is 11.8 Å². The van der Waals surface area contributed by atoms with Gasteiger partial charge in [-0.1, -0.05) is 42.5 Å². The van der Waals surface area contributed by atoms with E-state index in [0.29, 0.717) is 11.9 Å². The van der Waals surface area contributed by atoms with Crippen molar-refractivity contribution in [2.24, 2.45) is 0 Å². The number of nitrogens with zero attached hydrogens (tertiary/aromatic N) is 2. The molecule has 0 atom stereocenters. The van der Waals surface area contributed by atoms with Crippen molar-refractivity contribution < 1.29 is 4.74 Å². The summed E-state index contributed by atoms with van der Waals surface area (Å²) < 4.78 is 5.92. The number of hydrogen-bond acceptors (Lipinski definition) is 5. The first kappa shape index (κ1) is 17.3. The normalized spacial score (nSPS) is 13.4. The summed E-state index contributed by atoms with van der Waals surface area (Å²) >= 11 is 0. The number of hydrogen-bond donors (Lipinski definition) is 2. The van der Waals surface area contributed by atoms with Gasteiger partial charge in [-0.15, -0.1) is 0 Å². The van der Waals surface area contributed by atoms with E-state index in [0.717, 1.165) is 28.6 Å². The van der Waals surface area contributed by atoms with Crippen molar-refractivity contribution in [3.8, 4) is 17.1 Å². The van der Waals surface area contributed by atoms with E-state index in [1.807, 2.05) is 74.5 Å². The van der Waals surface area contributed by atoms with Crippen molar-refractivity contribution >= 4 is 17.3 Å². The molecule has 2 aromatic carbocycles. The number of rotatable bonds is 7. The van der Waals surface area contributed by atoms with Crippen LogP contribution >= 0.6 is 0 Å². The molecule has 2 N–H and O–H groups in total. The molecular formula is C22H24N4O. The Morgan fingerprint density at radius 1 is 0.926 bits per heavy atom. The zero-order chi connectivity index (χ0) is 18.6.